The van der Waals surface area contributed by atoms with Gasteiger partial charge in [0.2, 0.25) is 0 Å². The maximum Gasteiger partial charge on any atom is 0.357 e. The van der Waals surface area contributed by atoms with Crippen molar-refractivity contribution >= 4 is 35.0 Å². The molecule has 0 bridgehead atoms. The molecule has 0 aliphatic carbocycles. The zero-order valence-electron chi connectivity index (χ0n) is 16.0. The van der Waals surface area contributed by atoms with Gasteiger partial charge in [0.15, 0.2) is 5.71 Å². The lowest BCUT2D eigenvalue weighted by molar-refractivity contribution is -0.129. The molecule has 6 nitrogen and oxygen atoms in total. The van der Waals surface area contributed by atoms with Crippen LogP contribution in [0.1, 0.15) is 29.5 Å². The standard InChI is InChI=1S/C23H21N3O3/c27-22-19(20(23(28)29)24-26(22)18-8-2-1-3-9-18)14-15-12-16-6-4-10-25-11-5-7-17(13-15)21(16)25/h1-3,8-9,12-14H,4-7,10-11H2,(H,28,29). The van der Waals surface area contributed by atoms with E-state index < -0.39 is 11.9 Å². The van der Waals surface area contributed by atoms with Gasteiger partial charge in [-0.1, -0.05) is 18.2 Å². The van der Waals surface area contributed by atoms with E-state index in [1.54, 1.807) is 30.3 Å². The molecule has 3 heterocycles. The molecule has 0 radical (unpaired) electrons. The summed E-state index contributed by atoms with van der Waals surface area (Å²) < 4.78 is 0. The van der Waals surface area contributed by atoms with E-state index in [-0.39, 0.29) is 11.3 Å². The normalized spacial score (nSPS) is 19.4. The number of rotatable bonds is 3. The predicted molar refractivity (Wildman–Crippen MR) is 112 cm³/mol. The van der Waals surface area contributed by atoms with E-state index in [0.717, 1.165) is 44.3 Å². The summed E-state index contributed by atoms with van der Waals surface area (Å²) in [6, 6.07) is 13.1. The van der Waals surface area contributed by atoms with Gasteiger partial charge in [0.25, 0.3) is 5.91 Å². The third-order valence-corrected chi connectivity index (χ3v) is 5.75. The first-order valence-corrected chi connectivity index (χ1v) is 9.96. The first kappa shape index (κ1) is 17.7. The van der Waals surface area contributed by atoms with Gasteiger partial charge < -0.3 is 10.0 Å². The van der Waals surface area contributed by atoms with Crippen LogP contribution < -0.4 is 9.91 Å². The Morgan fingerprint density at radius 1 is 1.03 bits per heavy atom. The molecule has 0 unspecified atom stereocenters. The van der Waals surface area contributed by atoms with Crippen molar-refractivity contribution in [2.24, 2.45) is 5.10 Å². The van der Waals surface area contributed by atoms with Crippen LogP contribution in [0.4, 0.5) is 11.4 Å². The number of benzene rings is 2. The van der Waals surface area contributed by atoms with Crippen molar-refractivity contribution in [3.05, 3.63) is 64.7 Å². The molecular weight excluding hydrogens is 366 g/mol. The lowest BCUT2D eigenvalue weighted by atomic mass is 9.89. The van der Waals surface area contributed by atoms with Crippen molar-refractivity contribution in [1.82, 2.24) is 0 Å². The number of nitrogens with zero attached hydrogens (tertiary/aromatic N) is 3. The summed E-state index contributed by atoms with van der Waals surface area (Å²) in [5, 5.41) is 14.9. The molecule has 0 spiro atoms. The molecule has 0 atom stereocenters. The number of hydrogen-bond donors (Lipinski definition) is 1. The van der Waals surface area contributed by atoms with E-state index in [4.69, 9.17) is 0 Å². The average Bonchev–Trinajstić information content (AvgIpc) is 3.06. The van der Waals surface area contributed by atoms with Crippen molar-refractivity contribution in [3.8, 4) is 0 Å². The second kappa shape index (κ2) is 6.88. The summed E-state index contributed by atoms with van der Waals surface area (Å²) >= 11 is 0. The molecule has 0 saturated carbocycles. The van der Waals surface area contributed by atoms with Gasteiger partial charge in [-0.15, -0.1) is 0 Å². The Balaban J connectivity index is 1.57. The van der Waals surface area contributed by atoms with Gasteiger partial charge in [0.05, 0.1) is 11.3 Å². The highest BCUT2D eigenvalue weighted by Crippen LogP contribution is 2.37. The van der Waals surface area contributed by atoms with E-state index in [0.29, 0.717) is 5.69 Å². The number of anilines is 2. The number of hydrogen-bond acceptors (Lipinski definition) is 4. The van der Waals surface area contributed by atoms with Gasteiger partial charge in [0.1, 0.15) is 0 Å². The van der Waals surface area contributed by atoms with Crippen LogP contribution >= 0.6 is 0 Å². The van der Waals surface area contributed by atoms with Gasteiger partial charge >= 0.3 is 5.97 Å². The minimum absolute atomic E-state index is 0.122. The lowest BCUT2D eigenvalue weighted by Crippen LogP contribution is -2.34. The van der Waals surface area contributed by atoms with Crippen LogP contribution in [0.2, 0.25) is 0 Å². The number of hydrazone groups is 1. The summed E-state index contributed by atoms with van der Waals surface area (Å²) in [6.45, 7) is 2.20. The van der Waals surface area contributed by atoms with Gasteiger partial charge in [-0.2, -0.15) is 10.1 Å². The SMILES string of the molecule is O=C(O)C1=NN(c2ccccc2)C(=O)C1=Cc1cc2c3c(c1)CCCN3CCC2. The maximum absolute atomic E-state index is 13.0. The summed E-state index contributed by atoms with van der Waals surface area (Å²) in [4.78, 5) is 27.2. The highest BCUT2D eigenvalue weighted by molar-refractivity contribution is 6.53. The topological polar surface area (TPSA) is 73.2 Å². The number of aliphatic carboxylic acids is 1. The summed E-state index contributed by atoms with van der Waals surface area (Å²) in [5.41, 5.74) is 5.26. The first-order valence-electron chi connectivity index (χ1n) is 9.96. The van der Waals surface area contributed by atoms with Crippen LogP contribution in [-0.4, -0.2) is 35.8 Å². The molecule has 0 saturated heterocycles. The number of carbonyl (C=O) groups excluding carboxylic acids is 1. The molecule has 5 rings (SSSR count). The van der Waals surface area contributed by atoms with E-state index in [2.05, 4.69) is 22.1 Å². The number of carbonyl (C=O) groups is 2. The van der Waals surface area contributed by atoms with Crippen LogP contribution in [-0.2, 0) is 22.4 Å². The number of amides is 1. The van der Waals surface area contributed by atoms with Gasteiger partial charge in [-0.05, 0) is 72.7 Å². The summed E-state index contributed by atoms with van der Waals surface area (Å²) in [5.74, 6) is -1.62. The third kappa shape index (κ3) is 3.01. The molecule has 3 aliphatic rings. The zero-order valence-corrected chi connectivity index (χ0v) is 16.0. The molecule has 0 aromatic heterocycles. The van der Waals surface area contributed by atoms with Crippen molar-refractivity contribution in [1.29, 1.82) is 0 Å². The Hall–Kier alpha value is -3.41. The maximum atomic E-state index is 13.0. The molecule has 29 heavy (non-hydrogen) atoms. The number of para-hydroxylation sites is 1. The fraction of sp³-hybridized carbons (Fsp3) is 0.261. The molecule has 0 fully saturated rings. The van der Waals surface area contributed by atoms with Crippen LogP contribution in [0.3, 0.4) is 0 Å². The molecule has 6 heteroatoms. The molecule has 3 aliphatic heterocycles. The third-order valence-electron chi connectivity index (χ3n) is 5.75. The zero-order chi connectivity index (χ0) is 20.0. The highest BCUT2D eigenvalue weighted by Gasteiger charge is 2.35. The summed E-state index contributed by atoms with van der Waals surface area (Å²) in [6.07, 6.45) is 5.95. The fourth-order valence-corrected chi connectivity index (χ4v) is 4.53. The van der Waals surface area contributed by atoms with Crippen LogP contribution in [0.25, 0.3) is 6.08 Å². The minimum atomic E-state index is -1.20. The fourth-order valence-electron chi connectivity index (χ4n) is 4.53. The van der Waals surface area contributed by atoms with Crippen LogP contribution in [0.5, 0.6) is 0 Å². The predicted octanol–water partition coefficient (Wildman–Crippen LogP) is 3.26. The Morgan fingerprint density at radius 3 is 2.31 bits per heavy atom. The molecule has 2 aromatic carbocycles. The van der Waals surface area contributed by atoms with Crippen LogP contribution in [0.15, 0.2) is 53.1 Å². The van der Waals surface area contributed by atoms with E-state index in [1.807, 2.05) is 6.07 Å². The second-order valence-electron chi connectivity index (χ2n) is 7.65. The molecule has 2 aromatic rings. The minimum Gasteiger partial charge on any atom is -0.476 e. The van der Waals surface area contributed by atoms with Crippen molar-refractivity contribution in [2.75, 3.05) is 23.0 Å². The first-order chi connectivity index (χ1) is 14.1. The van der Waals surface area contributed by atoms with Crippen molar-refractivity contribution in [2.45, 2.75) is 25.7 Å². The Morgan fingerprint density at radius 2 is 1.69 bits per heavy atom. The van der Waals surface area contributed by atoms with Gasteiger partial charge in [-0.25, -0.2) is 4.79 Å². The van der Waals surface area contributed by atoms with E-state index in [9.17, 15) is 14.7 Å². The van der Waals surface area contributed by atoms with Crippen molar-refractivity contribution in [3.63, 3.8) is 0 Å². The summed E-state index contributed by atoms with van der Waals surface area (Å²) in [7, 11) is 0. The molecular formula is C23H21N3O3. The van der Waals surface area contributed by atoms with E-state index in [1.165, 1.54) is 21.8 Å². The van der Waals surface area contributed by atoms with Crippen molar-refractivity contribution < 1.29 is 14.7 Å². The molecule has 146 valence electrons. The largest absolute Gasteiger partial charge is 0.476 e. The van der Waals surface area contributed by atoms with Gasteiger partial charge in [0, 0.05) is 18.8 Å². The Labute approximate surface area is 168 Å². The second-order valence-corrected chi connectivity index (χ2v) is 7.65. The quantitative estimate of drug-likeness (QED) is 0.821. The van der Waals surface area contributed by atoms with Gasteiger partial charge in [-0.3, -0.25) is 4.79 Å². The van der Waals surface area contributed by atoms with E-state index >= 15 is 0 Å². The smallest absolute Gasteiger partial charge is 0.357 e. The monoisotopic (exact) mass is 387 g/mol. The molecule has 1 amide bonds. The Bertz CT molecular complexity index is 1040. The van der Waals surface area contributed by atoms with Crippen LogP contribution in [0, 0.1) is 0 Å². The number of carboxylic acids is 1. The highest BCUT2D eigenvalue weighted by atomic mass is 16.4. The average molecular weight is 387 g/mol. The Kier molecular flexibility index (Phi) is 4.19. The molecule has 1 N–H and O–H groups in total. The number of aryl methyl sites for hydroxylation is 2. The lowest BCUT2D eigenvalue weighted by Gasteiger charge is -2.37. The number of carboxylic acid groups (broad SMARTS) is 1.